The van der Waals surface area contributed by atoms with Gasteiger partial charge in [0.1, 0.15) is 5.75 Å². The summed E-state index contributed by atoms with van der Waals surface area (Å²) in [6.45, 7) is 6.38. The van der Waals surface area contributed by atoms with Gasteiger partial charge in [0.05, 0.1) is 7.11 Å². The third-order valence-electron chi connectivity index (χ3n) is 3.27. The second-order valence-electron chi connectivity index (χ2n) is 5.60. The maximum Gasteiger partial charge on any atom is 0.251 e. The number of nitrogens with one attached hydrogen (secondary N) is 3. The Morgan fingerprint density at radius 3 is 2.46 bits per heavy atom. The van der Waals surface area contributed by atoms with Crippen LogP contribution < -0.4 is 20.7 Å². The van der Waals surface area contributed by atoms with Crippen molar-refractivity contribution in [2.45, 2.75) is 20.3 Å². The molecule has 1 amide bonds. The fourth-order valence-electron chi connectivity index (χ4n) is 1.92. The number of rotatable bonds is 8. The Bertz CT molecular complexity index is 521. The topological polar surface area (TPSA) is 74.8 Å². The number of benzene rings is 1. The van der Waals surface area contributed by atoms with Crippen molar-refractivity contribution >= 4 is 35.8 Å². The number of hydrogen-bond donors (Lipinski definition) is 3. The number of aliphatic imine (C=N–C) groups is 1. The fourth-order valence-corrected chi connectivity index (χ4v) is 1.92. The number of nitrogens with zero attached hydrogens (tertiary/aromatic N) is 1. The summed E-state index contributed by atoms with van der Waals surface area (Å²) in [5, 5.41) is 9.28. The van der Waals surface area contributed by atoms with Gasteiger partial charge in [0, 0.05) is 32.2 Å². The van der Waals surface area contributed by atoms with Gasteiger partial charge >= 0.3 is 0 Å². The molecule has 7 heteroatoms. The van der Waals surface area contributed by atoms with Gasteiger partial charge in [0.2, 0.25) is 0 Å². The largest absolute Gasteiger partial charge is 0.497 e. The van der Waals surface area contributed by atoms with Gasteiger partial charge in [-0.05, 0) is 30.5 Å². The molecule has 0 atom stereocenters. The smallest absolute Gasteiger partial charge is 0.251 e. The number of amides is 1. The lowest BCUT2D eigenvalue weighted by Gasteiger charge is -2.13. The van der Waals surface area contributed by atoms with Gasteiger partial charge < -0.3 is 20.7 Å². The number of guanidine groups is 1. The zero-order chi connectivity index (χ0) is 17.1. The van der Waals surface area contributed by atoms with Crippen molar-refractivity contribution in [3.8, 4) is 5.75 Å². The first-order valence-electron chi connectivity index (χ1n) is 7.93. The summed E-state index contributed by atoms with van der Waals surface area (Å²) in [7, 11) is 3.32. The minimum Gasteiger partial charge on any atom is -0.497 e. The Morgan fingerprint density at radius 2 is 1.83 bits per heavy atom. The van der Waals surface area contributed by atoms with E-state index < -0.39 is 0 Å². The first-order valence-corrected chi connectivity index (χ1v) is 7.93. The van der Waals surface area contributed by atoms with Crippen LogP contribution in [0.4, 0.5) is 0 Å². The lowest BCUT2D eigenvalue weighted by atomic mass is 10.1. The molecule has 0 aromatic heterocycles. The summed E-state index contributed by atoms with van der Waals surface area (Å²) < 4.78 is 5.11. The number of carbonyl (C=O) groups is 1. The van der Waals surface area contributed by atoms with Crippen molar-refractivity contribution in [1.82, 2.24) is 16.0 Å². The highest BCUT2D eigenvalue weighted by Crippen LogP contribution is 2.12. The molecule has 0 saturated heterocycles. The molecule has 0 saturated carbocycles. The average molecular weight is 448 g/mol. The van der Waals surface area contributed by atoms with Crippen LogP contribution in [0.1, 0.15) is 30.6 Å². The lowest BCUT2D eigenvalue weighted by molar-refractivity contribution is 0.0954. The van der Waals surface area contributed by atoms with Gasteiger partial charge in [-0.3, -0.25) is 9.79 Å². The Hall–Kier alpha value is -1.51. The average Bonchev–Trinajstić information content (AvgIpc) is 2.56. The third-order valence-corrected chi connectivity index (χ3v) is 3.27. The van der Waals surface area contributed by atoms with E-state index in [1.54, 1.807) is 32.4 Å². The van der Waals surface area contributed by atoms with Crippen LogP contribution in [-0.4, -0.2) is 45.7 Å². The molecule has 0 bridgehead atoms. The number of methoxy groups -OCH3 is 1. The molecule has 3 N–H and O–H groups in total. The highest BCUT2D eigenvalue weighted by molar-refractivity contribution is 14.0. The fraction of sp³-hybridized carbons (Fsp3) is 0.529. The second-order valence-corrected chi connectivity index (χ2v) is 5.60. The molecule has 136 valence electrons. The molecule has 0 heterocycles. The lowest BCUT2D eigenvalue weighted by Crippen LogP contribution is -2.42. The zero-order valence-corrected chi connectivity index (χ0v) is 17.2. The van der Waals surface area contributed by atoms with Crippen LogP contribution in [0.3, 0.4) is 0 Å². The highest BCUT2D eigenvalue weighted by atomic mass is 127. The van der Waals surface area contributed by atoms with Gasteiger partial charge in [-0.1, -0.05) is 19.9 Å². The predicted molar refractivity (Wildman–Crippen MR) is 110 cm³/mol. The summed E-state index contributed by atoms with van der Waals surface area (Å²) in [4.78, 5) is 16.2. The zero-order valence-electron chi connectivity index (χ0n) is 14.9. The molecular weight excluding hydrogens is 419 g/mol. The molecule has 0 aliphatic heterocycles. The number of carbonyl (C=O) groups excluding carboxylic acids is 1. The summed E-state index contributed by atoms with van der Waals surface area (Å²) in [6.07, 6.45) is 1.09. The first-order chi connectivity index (χ1) is 11.1. The summed E-state index contributed by atoms with van der Waals surface area (Å²) in [5.41, 5.74) is 0.587. The van der Waals surface area contributed by atoms with Crippen LogP contribution in [0.25, 0.3) is 0 Å². The standard InChI is InChI=1S/C17H28N4O2.HI/c1-13(2)8-9-20-17(18-3)21-11-10-19-16(22)14-6-5-7-15(12-14)23-4;/h5-7,12-13H,8-11H2,1-4H3,(H,19,22)(H2,18,20,21);1H. The second kappa shape index (κ2) is 12.9. The summed E-state index contributed by atoms with van der Waals surface area (Å²) >= 11 is 0. The van der Waals surface area contributed by atoms with E-state index in [1.807, 2.05) is 6.07 Å². The number of ether oxygens (including phenoxy) is 1. The van der Waals surface area contributed by atoms with Crippen molar-refractivity contribution < 1.29 is 9.53 Å². The molecule has 6 nitrogen and oxygen atoms in total. The molecule has 0 aliphatic rings. The summed E-state index contributed by atoms with van der Waals surface area (Å²) in [6, 6.07) is 7.09. The number of hydrogen-bond acceptors (Lipinski definition) is 3. The van der Waals surface area contributed by atoms with E-state index in [0.29, 0.717) is 30.3 Å². The molecule has 24 heavy (non-hydrogen) atoms. The van der Waals surface area contributed by atoms with Crippen molar-refractivity contribution in [3.05, 3.63) is 29.8 Å². The minimum atomic E-state index is -0.117. The van der Waals surface area contributed by atoms with Gasteiger partial charge in [-0.2, -0.15) is 0 Å². The molecule has 1 rings (SSSR count). The molecule has 0 spiro atoms. The number of halogens is 1. The van der Waals surface area contributed by atoms with Crippen molar-refractivity contribution in [2.24, 2.45) is 10.9 Å². The van der Waals surface area contributed by atoms with Gasteiger partial charge in [-0.15, -0.1) is 24.0 Å². The Kier molecular flexibility index (Phi) is 12.0. The van der Waals surface area contributed by atoms with Crippen LogP contribution in [0.2, 0.25) is 0 Å². The molecule has 1 aromatic rings. The minimum absolute atomic E-state index is 0. The van der Waals surface area contributed by atoms with E-state index in [2.05, 4.69) is 34.8 Å². The molecule has 0 radical (unpaired) electrons. The van der Waals surface area contributed by atoms with Crippen molar-refractivity contribution in [2.75, 3.05) is 33.8 Å². The van der Waals surface area contributed by atoms with Crippen LogP contribution in [0.5, 0.6) is 5.75 Å². The third kappa shape index (κ3) is 8.95. The van der Waals surface area contributed by atoms with Gasteiger partial charge in [0.15, 0.2) is 5.96 Å². The van der Waals surface area contributed by atoms with Crippen LogP contribution in [0, 0.1) is 5.92 Å². The Balaban J connectivity index is 0.00000529. The van der Waals surface area contributed by atoms with Crippen molar-refractivity contribution in [1.29, 1.82) is 0 Å². The molecule has 0 fully saturated rings. The predicted octanol–water partition coefficient (Wildman–Crippen LogP) is 2.25. The Morgan fingerprint density at radius 1 is 1.17 bits per heavy atom. The molecule has 0 unspecified atom stereocenters. The molecule has 1 aromatic carbocycles. The van der Waals surface area contributed by atoms with E-state index in [1.165, 1.54) is 0 Å². The summed E-state index contributed by atoms with van der Waals surface area (Å²) in [5.74, 6) is 1.96. The maximum absolute atomic E-state index is 12.0. The van der Waals surface area contributed by atoms with Crippen LogP contribution >= 0.6 is 24.0 Å². The highest BCUT2D eigenvalue weighted by Gasteiger charge is 2.06. The Labute approximate surface area is 161 Å². The molecular formula is C17H29IN4O2. The van der Waals surface area contributed by atoms with E-state index in [0.717, 1.165) is 18.9 Å². The normalized spacial score (nSPS) is 10.8. The monoisotopic (exact) mass is 448 g/mol. The van der Waals surface area contributed by atoms with Gasteiger partial charge in [-0.25, -0.2) is 0 Å². The van der Waals surface area contributed by atoms with Crippen LogP contribution in [-0.2, 0) is 0 Å². The van der Waals surface area contributed by atoms with Gasteiger partial charge in [0.25, 0.3) is 5.91 Å². The first kappa shape index (κ1) is 22.5. The molecule has 0 aliphatic carbocycles. The maximum atomic E-state index is 12.0. The van der Waals surface area contributed by atoms with E-state index in [9.17, 15) is 4.79 Å². The van der Waals surface area contributed by atoms with Crippen LogP contribution in [0.15, 0.2) is 29.3 Å². The SMILES string of the molecule is CN=C(NCCNC(=O)c1cccc(OC)c1)NCCC(C)C.I. The van der Waals surface area contributed by atoms with Crippen molar-refractivity contribution in [3.63, 3.8) is 0 Å². The van der Waals surface area contributed by atoms with E-state index >= 15 is 0 Å². The van der Waals surface area contributed by atoms with E-state index in [4.69, 9.17) is 4.74 Å². The van der Waals surface area contributed by atoms with E-state index in [-0.39, 0.29) is 29.9 Å². The quantitative estimate of drug-likeness (QED) is 0.247.